The van der Waals surface area contributed by atoms with Crippen molar-refractivity contribution in [2.24, 2.45) is 0 Å². The summed E-state index contributed by atoms with van der Waals surface area (Å²) in [6.07, 6.45) is 11.8. The Morgan fingerprint density at radius 1 is 0.733 bits per heavy atom. The van der Waals surface area contributed by atoms with Gasteiger partial charge in [0.1, 0.15) is 18.3 Å². The summed E-state index contributed by atoms with van der Waals surface area (Å²) in [5.41, 5.74) is 0.684. The van der Waals surface area contributed by atoms with Gasteiger partial charge < -0.3 is 14.8 Å². The topological polar surface area (TPSA) is 77.1 Å². The zero-order valence-electron chi connectivity index (χ0n) is 30.0. The molecule has 256 valence electrons. The third-order valence-corrected chi connectivity index (χ3v) is 9.55. The Morgan fingerprint density at radius 2 is 1.24 bits per heavy atom. The van der Waals surface area contributed by atoms with E-state index in [4.69, 9.17) is 14.3 Å². The number of rotatable bonds is 14. The van der Waals surface area contributed by atoms with Crippen molar-refractivity contribution in [3.05, 3.63) is 35.9 Å². The fraction of sp³-hybridized carbons (Fsp3) is 0.789. The van der Waals surface area contributed by atoms with Gasteiger partial charge in [0, 0.05) is 47.8 Å². The third-order valence-electron chi connectivity index (χ3n) is 9.55. The first-order valence-corrected chi connectivity index (χ1v) is 17.7. The largest absolute Gasteiger partial charge is 0.462 e. The molecule has 1 aromatic rings. The Morgan fingerprint density at radius 3 is 1.82 bits per heavy atom. The number of ether oxygens (including phenoxy) is 2. The fourth-order valence-electron chi connectivity index (χ4n) is 7.56. The molecule has 0 aromatic heterocycles. The van der Waals surface area contributed by atoms with E-state index in [1.807, 2.05) is 18.2 Å². The van der Waals surface area contributed by atoms with E-state index < -0.39 is 0 Å². The Labute approximate surface area is 274 Å². The molecule has 0 saturated carbocycles. The summed E-state index contributed by atoms with van der Waals surface area (Å²) in [4.78, 5) is 31.9. The number of benzene rings is 1. The van der Waals surface area contributed by atoms with Crippen molar-refractivity contribution in [2.45, 2.75) is 193 Å². The Hall–Kier alpha value is -1.96. The molecular weight excluding hydrogens is 564 g/mol. The highest BCUT2D eigenvalue weighted by molar-refractivity contribution is 5.69. The molecule has 3 unspecified atom stereocenters. The lowest BCUT2D eigenvalue weighted by atomic mass is 9.95. The number of nitrogens with zero attached hydrogens (tertiary/aromatic N) is 1. The van der Waals surface area contributed by atoms with Gasteiger partial charge in [0.2, 0.25) is 0 Å². The van der Waals surface area contributed by atoms with Crippen molar-refractivity contribution >= 4 is 11.9 Å². The molecule has 45 heavy (non-hydrogen) atoms. The molecule has 7 heteroatoms. The fourth-order valence-corrected chi connectivity index (χ4v) is 7.56. The molecule has 2 aliphatic rings. The maximum absolute atomic E-state index is 12.8. The molecule has 0 aliphatic carbocycles. The standard InChI is InChI=1S/C38H64N2O5/c1-29(30-19-15-14-16-20-30)45-40-37(6,7)26-24-32(28-38(40,8)9)44-34(42)22-18-13-11-10-12-17-21-33(41)43-31-23-25-35(2,3)39-36(4,5)27-31/h14-16,19-20,29,31-32,39H,10-13,17-18,21-28H2,1-9H3. The van der Waals surface area contributed by atoms with Crippen LogP contribution in [0.5, 0.6) is 0 Å². The van der Waals surface area contributed by atoms with Gasteiger partial charge in [-0.1, -0.05) is 56.0 Å². The lowest BCUT2D eigenvalue weighted by molar-refractivity contribution is -0.290. The number of unbranched alkanes of at least 4 members (excludes halogenated alkanes) is 5. The predicted molar refractivity (Wildman–Crippen MR) is 182 cm³/mol. The van der Waals surface area contributed by atoms with E-state index in [1.165, 1.54) is 0 Å². The van der Waals surface area contributed by atoms with Crippen LogP contribution >= 0.6 is 0 Å². The normalized spacial score (nSPS) is 25.0. The molecule has 2 saturated heterocycles. The lowest BCUT2D eigenvalue weighted by Crippen LogP contribution is -2.54. The van der Waals surface area contributed by atoms with Crippen LogP contribution in [0.4, 0.5) is 0 Å². The summed E-state index contributed by atoms with van der Waals surface area (Å²) < 4.78 is 11.9. The highest BCUT2D eigenvalue weighted by Crippen LogP contribution is 2.40. The monoisotopic (exact) mass is 628 g/mol. The number of carbonyl (C=O) groups is 2. The molecular formula is C38H64N2O5. The smallest absolute Gasteiger partial charge is 0.306 e. The van der Waals surface area contributed by atoms with Crippen molar-refractivity contribution in [3.63, 3.8) is 0 Å². The number of hydroxylamine groups is 2. The van der Waals surface area contributed by atoms with E-state index in [-0.39, 0.29) is 52.4 Å². The molecule has 3 atom stereocenters. The van der Waals surface area contributed by atoms with E-state index in [0.29, 0.717) is 12.8 Å². The molecule has 2 aliphatic heterocycles. The predicted octanol–water partition coefficient (Wildman–Crippen LogP) is 9.00. The van der Waals surface area contributed by atoms with Crippen LogP contribution in [0.25, 0.3) is 0 Å². The molecule has 1 N–H and O–H groups in total. The minimum atomic E-state index is -0.291. The van der Waals surface area contributed by atoms with Gasteiger partial charge in [-0.2, -0.15) is 5.06 Å². The first kappa shape index (κ1) is 37.5. The summed E-state index contributed by atoms with van der Waals surface area (Å²) >= 11 is 0. The Kier molecular flexibility index (Phi) is 13.5. The van der Waals surface area contributed by atoms with E-state index in [1.54, 1.807) is 0 Å². The van der Waals surface area contributed by atoms with Gasteiger partial charge >= 0.3 is 11.9 Å². The van der Waals surface area contributed by atoms with Gasteiger partial charge in [0.15, 0.2) is 0 Å². The van der Waals surface area contributed by atoms with Crippen molar-refractivity contribution in [2.75, 3.05) is 0 Å². The first-order chi connectivity index (χ1) is 21.0. The highest BCUT2D eigenvalue weighted by Gasteiger charge is 2.45. The summed E-state index contributed by atoms with van der Waals surface area (Å²) in [6, 6.07) is 10.3. The van der Waals surface area contributed by atoms with Crippen LogP contribution in [0.3, 0.4) is 0 Å². The van der Waals surface area contributed by atoms with Gasteiger partial charge in [-0.05, 0) is 106 Å². The number of nitrogens with one attached hydrogen (secondary N) is 1. The quantitative estimate of drug-likeness (QED) is 0.163. The van der Waals surface area contributed by atoms with Gasteiger partial charge in [-0.25, -0.2) is 0 Å². The maximum atomic E-state index is 12.8. The molecule has 2 fully saturated rings. The van der Waals surface area contributed by atoms with Gasteiger partial charge in [0.05, 0.1) is 0 Å². The molecule has 7 nitrogen and oxygen atoms in total. The van der Waals surface area contributed by atoms with Crippen molar-refractivity contribution in [3.8, 4) is 0 Å². The average Bonchev–Trinajstić information content (AvgIpc) is 3.09. The molecule has 1 aromatic carbocycles. The zero-order valence-corrected chi connectivity index (χ0v) is 30.0. The minimum absolute atomic E-state index is 0.00677. The molecule has 0 amide bonds. The molecule has 0 radical (unpaired) electrons. The second-order valence-electron chi connectivity index (χ2n) is 16.3. The van der Waals surface area contributed by atoms with Crippen molar-refractivity contribution in [1.29, 1.82) is 0 Å². The van der Waals surface area contributed by atoms with Crippen LogP contribution in [-0.4, -0.2) is 51.4 Å². The minimum Gasteiger partial charge on any atom is -0.462 e. The summed E-state index contributed by atoms with van der Waals surface area (Å²) in [5, 5.41) is 5.85. The van der Waals surface area contributed by atoms with Crippen LogP contribution in [-0.2, 0) is 23.9 Å². The lowest BCUT2D eigenvalue weighted by Gasteiger charge is -2.47. The van der Waals surface area contributed by atoms with Crippen molar-refractivity contribution in [1.82, 2.24) is 10.4 Å². The van der Waals surface area contributed by atoms with E-state index in [0.717, 1.165) is 82.6 Å². The molecule has 3 rings (SSSR count). The van der Waals surface area contributed by atoms with Crippen LogP contribution in [0.15, 0.2) is 30.3 Å². The first-order valence-electron chi connectivity index (χ1n) is 17.7. The SMILES string of the molecule is CC(ON1C(C)(C)CCC(OC(=O)CCCCCCCCC(=O)OC2CCC(C)(C)NC(C)(C)C2)CC1(C)C)c1ccccc1. The highest BCUT2D eigenvalue weighted by atomic mass is 16.7. The van der Waals surface area contributed by atoms with E-state index >= 15 is 0 Å². The van der Waals surface area contributed by atoms with Crippen LogP contribution in [0.2, 0.25) is 0 Å². The number of hydrogen-bond donors (Lipinski definition) is 1. The summed E-state index contributed by atoms with van der Waals surface area (Å²) in [5.74, 6) is -0.160. The number of hydrogen-bond acceptors (Lipinski definition) is 7. The average molecular weight is 629 g/mol. The van der Waals surface area contributed by atoms with Gasteiger partial charge in [-0.3, -0.25) is 14.4 Å². The number of carbonyl (C=O) groups excluding carboxylic acids is 2. The summed E-state index contributed by atoms with van der Waals surface area (Å²) in [6.45, 7) is 19.7. The van der Waals surface area contributed by atoms with Crippen LogP contribution < -0.4 is 5.32 Å². The zero-order chi connectivity index (χ0) is 33.3. The van der Waals surface area contributed by atoms with E-state index in [2.05, 4.69) is 84.8 Å². The second-order valence-corrected chi connectivity index (χ2v) is 16.3. The maximum Gasteiger partial charge on any atom is 0.306 e. The summed E-state index contributed by atoms with van der Waals surface area (Å²) in [7, 11) is 0. The van der Waals surface area contributed by atoms with Crippen LogP contribution in [0, 0.1) is 0 Å². The van der Waals surface area contributed by atoms with Gasteiger partial charge in [0.25, 0.3) is 0 Å². The van der Waals surface area contributed by atoms with E-state index in [9.17, 15) is 9.59 Å². The third kappa shape index (κ3) is 12.6. The second kappa shape index (κ2) is 16.2. The molecule has 0 spiro atoms. The molecule has 2 heterocycles. The van der Waals surface area contributed by atoms with Crippen LogP contribution in [0.1, 0.15) is 164 Å². The number of esters is 2. The molecule has 0 bridgehead atoms. The van der Waals surface area contributed by atoms with Crippen molar-refractivity contribution < 1.29 is 23.9 Å². The Balaban J connectivity index is 1.30. The Bertz CT molecular complexity index is 1070. The van der Waals surface area contributed by atoms with Gasteiger partial charge in [-0.15, -0.1) is 0 Å².